The fourth-order valence-corrected chi connectivity index (χ4v) is 3.34. The summed E-state index contributed by atoms with van der Waals surface area (Å²) in [4.78, 5) is 30.9. The summed E-state index contributed by atoms with van der Waals surface area (Å²) in [5, 5.41) is 10.8. The van der Waals surface area contributed by atoms with Crippen molar-refractivity contribution in [3.8, 4) is 5.75 Å². The maximum Gasteiger partial charge on any atom is 0.295 e. The third-order valence-corrected chi connectivity index (χ3v) is 4.71. The van der Waals surface area contributed by atoms with E-state index in [2.05, 4.69) is 4.98 Å². The number of Topliss-reactive ketones (excluding diaryl/α,β-unsaturated/α-hetero) is 1. The van der Waals surface area contributed by atoms with E-state index in [0.717, 1.165) is 6.07 Å². The molecule has 1 fully saturated rings. The van der Waals surface area contributed by atoms with Crippen molar-refractivity contribution >= 4 is 17.4 Å². The van der Waals surface area contributed by atoms with Gasteiger partial charge in [0.05, 0.1) is 18.7 Å². The van der Waals surface area contributed by atoms with Gasteiger partial charge >= 0.3 is 0 Å². The quantitative estimate of drug-likeness (QED) is 0.333. The van der Waals surface area contributed by atoms with Gasteiger partial charge in [-0.25, -0.2) is 4.39 Å². The Morgan fingerprint density at radius 2 is 2.07 bits per heavy atom. The number of aliphatic hydroxyl groups excluding tert-OH is 1. The van der Waals surface area contributed by atoms with Crippen molar-refractivity contribution in [3.63, 3.8) is 0 Å². The lowest BCUT2D eigenvalue weighted by atomic mass is 9.96. The highest BCUT2D eigenvalue weighted by molar-refractivity contribution is 6.46. The van der Waals surface area contributed by atoms with Crippen LogP contribution in [0.25, 0.3) is 5.76 Å². The number of pyridine rings is 1. The monoisotopic (exact) mass is 400 g/mol. The number of rotatable bonds is 7. The summed E-state index contributed by atoms with van der Waals surface area (Å²) in [6, 6.07) is 6.40. The van der Waals surface area contributed by atoms with E-state index in [1.807, 2.05) is 0 Å². The van der Waals surface area contributed by atoms with Crippen LogP contribution in [0.2, 0.25) is 0 Å². The predicted octanol–water partition coefficient (Wildman–Crippen LogP) is 2.69. The van der Waals surface area contributed by atoms with Crippen LogP contribution in [0.1, 0.15) is 23.6 Å². The Morgan fingerprint density at radius 1 is 1.28 bits per heavy atom. The van der Waals surface area contributed by atoms with Crippen molar-refractivity contribution in [2.45, 2.75) is 12.5 Å². The van der Waals surface area contributed by atoms with E-state index in [0.29, 0.717) is 18.6 Å². The molecule has 1 atom stereocenters. The summed E-state index contributed by atoms with van der Waals surface area (Å²) >= 11 is 0. The molecule has 0 saturated carbocycles. The molecule has 8 heteroatoms. The molecule has 29 heavy (non-hydrogen) atoms. The minimum Gasteiger partial charge on any atom is -0.507 e. The van der Waals surface area contributed by atoms with Crippen LogP contribution in [0.15, 0.2) is 48.3 Å². The standard InChI is InChI=1S/C21H21FN2O5/c1-28-10-4-9-24-18(14-5-3-8-23-12-14)17(20(26)21(24)27)19(25)13-6-7-16(29-2)15(22)11-13/h3,5-8,11-12,18,25H,4,9-10H2,1-2H3/t18-/m0/s1. The maximum atomic E-state index is 14.1. The van der Waals surface area contributed by atoms with Gasteiger partial charge in [0.25, 0.3) is 11.7 Å². The van der Waals surface area contributed by atoms with Crippen LogP contribution in [0.3, 0.4) is 0 Å². The van der Waals surface area contributed by atoms with Crippen LogP contribution in [0, 0.1) is 5.82 Å². The van der Waals surface area contributed by atoms with Gasteiger partial charge in [-0.2, -0.15) is 0 Å². The summed E-state index contributed by atoms with van der Waals surface area (Å²) in [5.41, 5.74) is 0.539. The first-order chi connectivity index (χ1) is 14.0. The molecule has 1 aromatic carbocycles. The number of hydrogen-bond donors (Lipinski definition) is 1. The van der Waals surface area contributed by atoms with Crippen LogP contribution in [0.4, 0.5) is 4.39 Å². The molecule has 2 heterocycles. The van der Waals surface area contributed by atoms with Crippen LogP contribution in [0.5, 0.6) is 5.75 Å². The molecule has 1 aromatic heterocycles. The number of ketones is 1. The van der Waals surface area contributed by atoms with Gasteiger partial charge in [-0.15, -0.1) is 0 Å². The molecular formula is C21H21FN2O5. The molecule has 0 bridgehead atoms. The third kappa shape index (κ3) is 3.97. The number of carbonyl (C=O) groups excluding carboxylic acids is 2. The third-order valence-electron chi connectivity index (χ3n) is 4.71. The lowest BCUT2D eigenvalue weighted by Gasteiger charge is -2.25. The number of hydrogen-bond acceptors (Lipinski definition) is 6. The first kappa shape index (κ1) is 20.5. The highest BCUT2D eigenvalue weighted by Crippen LogP contribution is 2.39. The molecule has 0 aliphatic carbocycles. The zero-order valence-electron chi connectivity index (χ0n) is 16.1. The summed E-state index contributed by atoms with van der Waals surface area (Å²) in [6.45, 7) is 0.665. The fourth-order valence-electron chi connectivity index (χ4n) is 3.34. The topological polar surface area (TPSA) is 89.0 Å². The van der Waals surface area contributed by atoms with Crippen molar-refractivity contribution in [2.75, 3.05) is 27.4 Å². The van der Waals surface area contributed by atoms with E-state index in [-0.39, 0.29) is 23.4 Å². The van der Waals surface area contributed by atoms with E-state index in [1.165, 1.54) is 30.3 Å². The van der Waals surface area contributed by atoms with Crippen molar-refractivity contribution in [2.24, 2.45) is 0 Å². The van der Waals surface area contributed by atoms with E-state index >= 15 is 0 Å². The van der Waals surface area contributed by atoms with E-state index < -0.39 is 29.3 Å². The Kier molecular flexibility index (Phi) is 6.23. The molecule has 7 nitrogen and oxygen atoms in total. The molecule has 0 radical (unpaired) electrons. The molecular weight excluding hydrogens is 379 g/mol. The smallest absolute Gasteiger partial charge is 0.295 e. The number of halogens is 1. The number of aromatic nitrogens is 1. The Balaban J connectivity index is 2.11. The zero-order valence-corrected chi connectivity index (χ0v) is 16.1. The molecule has 0 unspecified atom stereocenters. The SMILES string of the molecule is COCCCN1C(=O)C(=O)C(=C(O)c2ccc(OC)c(F)c2)[C@@H]1c1cccnc1. The second kappa shape index (κ2) is 8.83. The van der Waals surface area contributed by atoms with Gasteiger partial charge in [-0.1, -0.05) is 6.07 Å². The molecule has 1 aliphatic rings. The van der Waals surface area contributed by atoms with Crippen molar-refractivity contribution in [1.29, 1.82) is 0 Å². The highest BCUT2D eigenvalue weighted by atomic mass is 19.1. The van der Waals surface area contributed by atoms with E-state index in [4.69, 9.17) is 9.47 Å². The van der Waals surface area contributed by atoms with Crippen LogP contribution >= 0.6 is 0 Å². The summed E-state index contributed by atoms with van der Waals surface area (Å²) in [7, 11) is 2.87. The molecule has 0 spiro atoms. The van der Waals surface area contributed by atoms with Gasteiger partial charge in [0.1, 0.15) is 5.76 Å². The van der Waals surface area contributed by atoms with Crippen LogP contribution < -0.4 is 4.74 Å². The number of aliphatic hydroxyl groups is 1. The number of carbonyl (C=O) groups is 2. The largest absolute Gasteiger partial charge is 0.507 e. The Bertz CT molecular complexity index is 945. The number of benzene rings is 1. The first-order valence-corrected chi connectivity index (χ1v) is 9.00. The lowest BCUT2D eigenvalue weighted by Crippen LogP contribution is -2.31. The number of likely N-dealkylation sites (tertiary alicyclic amines) is 1. The minimum absolute atomic E-state index is 0.00498. The van der Waals surface area contributed by atoms with Gasteiger partial charge in [0, 0.05) is 38.2 Å². The molecule has 1 saturated heterocycles. The normalized spacial score (nSPS) is 18.3. The zero-order chi connectivity index (χ0) is 21.0. The average Bonchev–Trinajstić information content (AvgIpc) is 2.99. The highest BCUT2D eigenvalue weighted by Gasteiger charge is 2.45. The molecule has 152 valence electrons. The maximum absolute atomic E-state index is 14.1. The van der Waals surface area contributed by atoms with Gasteiger partial charge in [-0.05, 0) is 36.2 Å². The number of methoxy groups -OCH3 is 2. The lowest BCUT2D eigenvalue weighted by molar-refractivity contribution is -0.140. The van der Waals surface area contributed by atoms with Crippen LogP contribution in [-0.4, -0.2) is 54.1 Å². The van der Waals surface area contributed by atoms with Gasteiger partial charge in [-0.3, -0.25) is 14.6 Å². The van der Waals surface area contributed by atoms with Gasteiger partial charge < -0.3 is 19.5 Å². The first-order valence-electron chi connectivity index (χ1n) is 9.00. The molecule has 1 amide bonds. The fraction of sp³-hybridized carbons (Fsp3) is 0.286. The van der Waals surface area contributed by atoms with Crippen molar-refractivity contribution in [1.82, 2.24) is 9.88 Å². The van der Waals surface area contributed by atoms with Gasteiger partial charge in [0.15, 0.2) is 11.6 Å². The average molecular weight is 400 g/mol. The summed E-state index contributed by atoms with van der Waals surface area (Å²) < 4.78 is 24.0. The summed E-state index contributed by atoms with van der Waals surface area (Å²) in [6.07, 6.45) is 3.61. The van der Waals surface area contributed by atoms with Crippen LogP contribution in [-0.2, 0) is 14.3 Å². The van der Waals surface area contributed by atoms with Crippen molar-refractivity contribution < 1.29 is 28.6 Å². The van der Waals surface area contributed by atoms with E-state index in [1.54, 1.807) is 25.4 Å². The van der Waals surface area contributed by atoms with E-state index in [9.17, 15) is 19.1 Å². The molecule has 1 aliphatic heterocycles. The van der Waals surface area contributed by atoms with Gasteiger partial charge in [0.2, 0.25) is 0 Å². The number of ether oxygens (including phenoxy) is 2. The molecule has 2 aromatic rings. The Hall–Kier alpha value is -3.26. The van der Waals surface area contributed by atoms with Crippen molar-refractivity contribution in [3.05, 3.63) is 65.2 Å². The Labute approximate surface area is 167 Å². The Morgan fingerprint density at radius 3 is 2.69 bits per heavy atom. The molecule has 3 rings (SSSR count). The molecule has 1 N–H and O–H groups in total. The second-order valence-electron chi connectivity index (χ2n) is 6.47. The predicted molar refractivity (Wildman–Crippen MR) is 103 cm³/mol. The number of amides is 1. The summed E-state index contributed by atoms with van der Waals surface area (Å²) in [5.74, 6) is -2.70. The number of nitrogens with zero attached hydrogens (tertiary/aromatic N) is 2. The minimum atomic E-state index is -0.829. The second-order valence-corrected chi connectivity index (χ2v) is 6.47.